The Morgan fingerprint density at radius 2 is 1.73 bits per heavy atom. The van der Waals surface area contributed by atoms with Crippen LogP contribution >= 0.6 is 0 Å². The molecule has 1 rings (SSSR count). The van der Waals surface area contributed by atoms with Gasteiger partial charge >= 0.3 is 29.6 Å². The summed E-state index contributed by atoms with van der Waals surface area (Å²) in [4.78, 5) is 10.4. The van der Waals surface area contributed by atoms with Crippen LogP contribution in [0.2, 0.25) is 0 Å². The van der Waals surface area contributed by atoms with Gasteiger partial charge in [0.15, 0.2) is 9.84 Å². The molecule has 4 nitrogen and oxygen atoms in total. The molecule has 0 heterocycles. The Hall–Kier alpha value is -0.360. The quantitative estimate of drug-likeness (QED) is 0.513. The topological polar surface area (TPSA) is 74.3 Å². The van der Waals surface area contributed by atoms with E-state index in [4.69, 9.17) is 0 Å². The Kier molecular flexibility index (Phi) is 5.51. The molecule has 0 aliphatic rings. The van der Waals surface area contributed by atoms with Gasteiger partial charge in [-0.2, -0.15) is 0 Å². The molecule has 0 radical (unpaired) electrons. The summed E-state index contributed by atoms with van der Waals surface area (Å²) in [6.45, 7) is 1.09. The summed E-state index contributed by atoms with van der Waals surface area (Å²) in [7, 11) is -3.80. The minimum Gasteiger partial charge on any atom is -0.549 e. The molecular formula is C9H9NaO4S. The van der Waals surface area contributed by atoms with Crippen LogP contribution in [0.5, 0.6) is 0 Å². The number of hydrogen-bond donors (Lipinski definition) is 0. The monoisotopic (exact) mass is 236 g/mol. The third kappa shape index (κ3) is 3.31. The Balaban J connectivity index is 0.00000196. The van der Waals surface area contributed by atoms with Crippen LogP contribution in [0.4, 0.5) is 0 Å². The van der Waals surface area contributed by atoms with Crippen molar-refractivity contribution in [1.82, 2.24) is 0 Å². The minimum absolute atomic E-state index is 0. The van der Waals surface area contributed by atoms with E-state index >= 15 is 0 Å². The van der Waals surface area contributed by atoms with E-state index < -0.39 is 21.1 Å². The molecule has 15 heavy (non-hydrogen) atoms. The molecule has 0 saturated carbocycles. The van der Waals surface area contributed by atoms with E-state index in [0.717, 1.165) is 6.92 Å². The molecule has 0 fully saturated rings. The fraction of sp³-hybridized carbons (Fsp3) is 0.222. The zero-order valence-electron chi connectivity index (χ0n) is 8.51. The Morgan fingerprint density at radius 3 is 2.13 bits per heavy atom. The van der Waals surface area contributed by atoms with E-state index in [1.807, 2.05) is 0 Å². The first-order chi connectivity index (χ1) is 6.46. The number of benzene rings is 1. The van der Waals surface area contributed by atoms with Gasteiger partial charge in [-0.1, -0.05) is 18.2 Å². The number of carboxylic acid groups (broad SMARTS) is 1. The normalized spacial score (nSPS) is 12.6. The van der Waals surface area contributed by atoms with Gasteiger partial charge in [-0.15, -0.1) is 0 Å². The van der Waals surface area contributed by atoms with Crippen molar-refractivity contribution in [1.29, 1.82) is 0 Å². The second-order valence-corrected chi connectivity index (χ2v) is 5.09. The molecule has 0 aromatic heterocycles. The maximum absolute atomic E-state index is 11.6. The average Bonchev–Trinajstić information content (AvgIpc) is 2.18. The fourth-order valence-electron chi connectivity index (χ4n) is 0.941. The van der Waals surface area contributed by atoms with Gasteiger partial charge in [0.25, 0.3) is 0 Å². The molecule has 0 saturated heterocycles. The molecular weight excluding hydrogens is 227 g/mol. The van der Waals surface area contributed by atoms with Crippen molar-refractivity contribution < 1.29 is 47.9 Å². The largest absolute Gasteiger partial charge is 1.00 e. The standard InChI is InChI=1S/C9H10O4S.Na/c1-7(9(10)11)14(12,13)8-5-3-2-4-6-8;/h2-7H,1H3,(H,10,11);/q;+1/p-1. The molecule has 1 unspecified atom stereocenters. The van der Waals surface area contributed by atoms with Gasteiger partial charge in [0.05, 0.1) is 10.9 Å². The zero-order valence-corrected chi connectivity index (χ0v) is 11.3. The average molecular weight is 236 g/mol. The molecule has 1 aromatic carbocycles. The summed E-state index contributed by atoms with van der Waals surface area (Å²) in [5.41, 5.74) is 0. The van der Waals surface area contributed by atoms with Gasteiger partial charge in [-0.25, -0.2) is 8.42 Å². The number of hydrogen-bond acceptors (Lipinski definition) is 4. The zero-order chi connectivity index (χ0) is 10.8. The van der Waals surface area contributed by atoms with Gasteiger partial charge < -0.3 is 9.90 Å². The summed E-state index contributed by atoms with van der Waals surface area (Å²) in [6.07, 6.45) is 0. The van der Waals surface area contributed by atoms with E-state index in [1.165, 1.54) is 24.3 Å². The smallest absolute Gasteiger partial charge is 0.549 e. The van der Waals surface area contributed by atoms with Crippen molar-refractivity contribution in [3.05, 3.63) is 30.3 Å². The number of aliphatic carboxylic acids is 1. The Morgan fingerprint density at radius 1 is 1.27 bits per heavy atom. The van der Waals surface area contributed by atoms with Crippen molar-refractivity contribution in [3.8, 4) is 0 Å². The van der Waals surface area contributed by atoms with Crippen LogP contribution in [0.3, 0.4) is 0 Å². The second kappa shape index (κ2) is 5.65. The first kappa shape index (κ1) is 14.6. The number of carbonyl (C=O) groups excluding carboxylic acids is 1. The second-order valence-electron chi connectivity index (χ2n) is 2.82. The number of carboxylic acids is 1. The molecule has 0 aliphatic heterocycles. The summed E-state index contributed by atoms with van der Waals surface area (Å²) in [5.74, 6) is -1.59. The van der Waals surface area contributed by atoms with Crippen LogP contribution in [-0.2, 0) is 14.6 Å². The fourth-order valence-corrected chi connectivity index (χ4v) is 2.14. The van der Waals surface area contributed by atoms with E-state index in [-0.39, 0.29) is 34.5 Å². The molecule has 0 amide bonds. The number of carbonyl (C=O) groups is 1. The molecule has 1 aromatic rings. The van der Waals surface area contributed by atoms with Crippen LogP contribution in [0.1, 0.15) is 6.92 Å². The minimum atomic E-state index is -3.80. The maximum atomic E-state index is 11.6. The van der Waals surface area contributed by atoms with E-state index in [2.05, 4.69) is 0 Å². The van der Waals surface area contributed by atoms with Crippen molar-refractivity contribution in [2.45, 2.75) is 17.1 Å². The first-order valence-corrected chi connectivity index (χ1v) is 5.50. The van der Waals surface area contributed by atoms with Gasteiger partial charge in [-0.05, 0) is 19.1 Å². The van der Waals surface area contributed by atoms with Crippen LogP contribution in [0.25, 0.3) is 0 Å². The predicted molar refractivity (Wildman–Crippen MR) is 48.1 cm³/mol. The molecule has 0 spiro atoms. The molecule has 0 bridgehead atoms. The summed E-state index contributed by atoms with van der Waals surface area (Å²) >= 11 is 0. The van der Waals surface area contributed by atoms with Crippen LogP contribution in [0.15, 0.2) is 35.2 Å². The summed E-state index contributed by atoms with van der Waals surface area (Å²) < 4.78 is 23.1. The molecule has 0 N–H and O–H groups in total. The van der Waals surface area contributed by atoms with Crippen molar-refractivity contribution in [2.75, 3.05) is 0 Å². The van der Waals surface area contributed by atoms with Crippen LogP contribution in [0, 0.1) is 0 Å². The van der Waals surface area contributed by atoms with Crippen LogP contribution < -0.4 is 34.7 Å². The van der Waals surface area contributed by atoms with Crippen LogP contribution in [-0.4, -0.2) is 19.6 Å². The third-order valence-corrected chi connectivity index (χ3v) is 3.92. The summed E-state index contributed by atoms with van der Waals surface area (Å²) in [6, 6.07) is 7.44. The molecule has 6 heteroatoms. The Bertz CT molecular complexity index is 427. The van der Waals surface area contributed by atoms with E-state index in [9.17, 15) is 18.3 Å². The van der Waals surface area contributed by atoms with Crippen molar-refractivity contribution >= 4 is 15.8 Å². The SMILES string of the molecule is CC(C(=O)[O-])S(=O)(=O)c1ccccc1.[Na+]. The van der Waals surface area contributed by atoms with E-state index in [1.54, 1.807) is 6.07 Å². The van der Waals surface area contributed by atoms with Crippen molar-refractivity contribution in [3.63, 3.8) is 0 Å². The Labute approximate surface area is 111 Å². The summed E-state index contributed by atoms with van der Waals surface area (Å²) in [5, 5.41) is 8.91. The van der Waals surface area contributed by atoms with Gasteiger partial charge in [0, 0.05) is 0 Å². The molecule has 1 atom stereocenters. The van der Waals surface area contributed by atoms with Gasteiger partial charge in [-0.3, -0.25) is 0 Å². The van der Waals surface area contributed by atoms with Crippen molar-refractivity contribution in [2.24, 2.45) is 0 Å². The maximum Gasteiger partial charge on any atom is 1.00 e. The first-order valence-electron chi connectivity index (χ1n) is 3.96. The third-order valence-electron chi connectivity index (χ3n) is 1.87. The van der Waals surface area contributed by atoms with E-state index in [0.29, 0.717) is 0 Å². The molecule has 0 aliphatic carbocycles. The number of rotatable bonds is 3. The van der Waals surface area contributed by atoms with Gasteiger partial charge in [0.1, 0.15) is 5.25 Å². The van der Waals surface area contributed by atoms with Gasteiger partial charge in [0.2, 0.25) is 0 Å². The molecule has 76 valence electrons. The number of sulfone groups is 1. The predicted octanol–water partition coefficient (Wildman–Crippen LogP) is -3.40.